The van der Waals surface area contributed by atoms with E-state index in [1.807, 2.05) is 30.3 Å². The highest BCUT2D eigenvalue weighted by atomic mass is 79.9. The van der Waals surface area contributed by atoms with Crippen LogP contribution in [0, 0.1) is 0 Å². The van der Waals surface area contributed by atoms with E-state index in [-0.39, 0.29) is 5.91 Å². The fourth-order valence-corrected chi connectivity index (χ4v) is 2.00. The van der Waals surface area contributed by atoms with Crippen molar-refractivity contribution in [3.63, 3.8) is 0 Å². The predicted molar refractivity (Wildman–Crippen MR) is 81.0 cm³/mol. The first-order valence-corrected chi connectivity index (χ1v) is 6.83. The second-order valence-corrected chi connectivity index (χ2v) is 5.08. The summed E-state index contributed by atoms with van der Waals surface area (Å²) in [7, 11) is 0. The molecular weight excluding hydrogens is 304 g/mol. The van der Waals surface area contributed by atoms with Gasteiger partial charge in [0.15, 0.2) is 0 Å². The summed E-state index contributed by atoms with van der Waals surface area (Å²) in [5.41, 5.74) is 8.10. The molecule has 0 aliphatic heterocycles. The number of hydrogen-bond donors (Lipinski definition) is 2. The lowest BCUT2D eigenvalue weighted by atomic mass is 10.1. The molecule has 0 heterocycles. The summed E-state index contributed by atoms with van der Waals surface area (Å²) in [6.07, 6.45) is 0.818. The van der Waals surface area contributed by atoms with E-state index in [2.05, 4.69) is 21.2 Å². The van der Waals surface area contributed by atoms with Gasteiger partial charge in [0.2, 0.25) is 0 Å². The number of nitrogens with one attached hydrogen (secondary N) is 1. The van der Waals surface area contributed by atoms with E-state index in [0.717, 1.165) is 10.9 Å². The van der Waals surface area contributed by atoms with Gasteiger partial charge < -0.3 is 11.1 Å². The lowest BCUT2D eigenvalue weighted by Crippen LogP contribution is -2.25. The van der Waals surface area contributed by atoms with Crippen molar-refractivity contribution >= 4 is 27.5 Å². The van der Waals surface area contributed by atoms with Crippen LogP contribution in [0.25, 0.3) is 0 Å². The molecule has 0 atom stereocenters. The van der Waals surface area contributed by atoms with Crippen LogP contribution in [0.4, 0.5) is 5.69 Å². The second-order valence-electron chi connectivity index (χ2n) is 4.23. The molecule has 0 aromatic heterocycles. The Morgan fingerprint density at radius 2 is 1.89 bits per heavy atom. The summed E-state index contributed by atoms with van der Waals surface area (Å²) < 4.78 is 0.799. The Labute approximate surface area is 121 Å². The van der Waals surface area contributed by atoms with Gasteiger partial charge >= 0.3 is 0 Å². The molecule has 0 aliphatic carbocycles. The Balaban J connectivity index is 1.89. The number of hydrogen-bond acceptors (Lipinski definition) is 2. The number of halogens is 1. The number of carbonyl (C=O) groups is 1. The summed E-state index contributed by atoms with van der Waals surface area (Å²) >= 11 is 3.31. The van der Waals surface area contributed by atoms with E-state index in [9.17, 15) is 4.79 Å². The standard InChI is InChI=1S/C15H15BrN2O/c16-13-7-6-12(10-14(13)17)15(19)18-9-8-11-4-2-1-3-5-11/h1-7,10H,8-9,17H2,(H,18,19). The fourth-order valence-electron chi connectivity index (χ4n) is 1.75. The molecule has 2 aromatic carbocycles. The summed E-state index contributed by atoms with van der Waals surface area (Å²) in [6, 6.07) is 15.3. The molecule has 0 spiro atoms. The molecule has 98 valence electrons. The Morgan fingerprint density at radius 3 is 2.58 bits per heavy atom. The van der Waals surface area contributed by atoms with Crippen LogP contribution in [0.3, 0.4) is 0 Å². The molecule has 0 fully saturated rings. The number of nitrogens with two attached hydrogens (primary N) is 1. The third-order valence-electron chi connectivity index (χ3n) is 2.80. The molecule has 2 aromatic rings. The number of rotatable bonds is 4. The van der Waals surface area contributed by atoms with E-state index in [0.29, 0.717) is 17.8 Å². The summed E-state index contributed by atoms with van der Waals surface area (Å²) in [4.78, 5) is 11.9. The fraction of sp³-hybridized carbons (Fsp3) is 0.133. The Hall–Kier alpha value is -1.81. The van der Waals surface area contributed by atoms with Crippen molar-refractivity contribution in [3.8, 4) is 0 Å². The number of benzene rings is 2. The smallest absolute Gasteiger partial charge is 0.251 e. The van der Waals surface area contributed by atoms with Crippen LogP contribution in [-0.2, 0) is 6.42 Å². The van der Waals surface area contributed by atoms with Crippen LogP contribution >= 0.6 is 15.9 Å². The minimum atomic E-state index is -0.102. The van der Waals surface area contributed by atoms with E-state index in [1.165, 1.54) is 5.56 Å². The Kier molecular flexibility index (Phi) is 4.58. The maximum Gasteiger partial charge on any atom is 0.251 e. The van der Waals surface area contributed by atoms with Crippen molar-refractivity contribution in [1.82, 2.24) is 5.32 Å². The van der Waals surface area contributed by atoms with Gasteiger partial charge in [-0.05, 0) is 46.1 Å². The van der Waals surface area contributed by atoms with Gasteiger partial charge in [0.25, 0.3) is 5.91 Å². The van der Waals surface area contributed by atoms with Crippen LogP contribution in [0.2, 0.25) is 0 Å². The lowest BCUT2D eigenvalue weighted by molar-refractivity contribution is 0.0954. The van der Waals surface area contributed by atoms with Gasteiger partial charge in [0.05, 0.1) is 0 Å². The third kappa shape index (κ3) is 3.83. The third-order valence-corrected chi connectivity index (χ3v) is 3.52. The molecule has 0 bridgehead atoms. The maximum absolute atomic E-state index is 11.9. The van der Waals surface area contributed by atoms with Crippen LogP contribution < -0.4 is 11.1 Å². The summed E-state index contributed by atoms with van der Waals surface area (Å²) in [5, 5.41) is 2.88. The Bertz CT molecular complexity index is 570. The number of anilines is 1. The van der Waals surface area contributed by atoms with Gasteiger partial charge in [-0.3, -0.25) is 4.79 Å². The first-order valence-electron chi connectivity index (χ1n) is 6.04. The summed E-state index contributed by atoms with van der Waals surface area (Å²) in [6.45, 7) is 0.610. The highest BCUT2D eigenvalue weighted by Gasteiger charge is 2.06. The molecular formula is C15H15BrN2O. The topological polar surface area (TPSA) is 55.1 Å². The van der Waals surface area contributed by atoms with Crippen molar-refractivity contribution in [3.05, 3.63) is 64.1 Å². The average molecular weight is 319 g/mol. The minimum Gasteiger partial charge on any atom is -0.398 e. The summed E-state index contributed by atoms with van der Waals surface area (Å²) in [5.74, 6) is -0.102. The molecule has 1 amide bonds. The molecule has 0 saturated heterocycles. The van der Waals surface area contributed by atoms with E-state index in [4.69, 9.17) is 5.73 Å². The van der Waals surface area contributed by atoms with Crippen LogP contribution in [0.5, 0.6) is 0 Å². The molecule has 19 heavy (non-hydrogen) atoms. The van der Waals surface area contributed by atoms with E-state index >= 15 is 0 Å². The molecule has 3 nitrogen and oxygen atoms in total. The predicted octanol–water partition coefficient (Wildman–Crippen LogP) is 3.00. The molecule has 2 rings (SSSR count). The lowest BCUT2D eigenvalue weighted by Gasteiger charge is -2.06. The van der Waals surface area contributed by atoms with Crippen molar-refractivity contribution in [1.29, 1.82) is 0 Å². The largest absolute Gasteiger partial charge is 0.398 e. The maximum atomic E-state index is 11.9. The SMILES string of the molecule is Nc1cc(C(=O)NCCc2ccccc2)ccc1Br. The molecule has 0 radical (unpaired) electrons. The second kappa shape index (κ2) is 6.38. The van der Waals surface area contributed by atoms with E-state index < -0.39 is 0 Å². The van der Waals surface area contributed by atoms with Gasteiger partial charge in [0, 0.05) is 22.3 Å². The highest BCUT2D eigenvalue weighted by Crippen LogP contribution is 2.20. The van der Waals surface area contributed by atoms with Crippen molar-refractivity contribution < 1.29 is 4.79 Å². The van der Waals surface area contributed by atoms with Crippen LogP contribution in [0.15, 0.2) is 53.0 Å². The first-order chi connectivity index (χ1) is 9.16. The molecule has 0 saturated carbocycles. The number of carbonyl (C=O) groups excluding carboxylic acids is 1. The minimum absolute atomic E-state index is 0.102. The normalized spacial score (nSPS) is 10.2. The average Bonchev–Trinajstić information content (AvgIpc) is 2.43. The van der Waals surface area contributed by atoms with Gasteiger partial charge in [-0.2, -0.15) is 0 Å². The van der Waals surface area contributed by atoms with Gasteiger partial charge in [-0.1, -0.05) is 30.3 Å². The quantitative estimate of drug-likeness (QED) is 0.851. The molecule has 0 aliphatic rings. The molecule has 4 heteroatoms. The van der Waals surface area contributed by atoms with Crippen molar-refractivity contribution in [2.24, 2.45) is 0 Å². The Morgan fingerprint density at radius 1 is 1.16 bits per heavy atom. The zero-order valence-electron chi connectivity index (χ0n) is 10.4. The van der Waals surface area contributed by atoms with Gasteiger partial charge in [-0.15, -0.1) is 0 Å². The number of nitrogen functional groups attached to an aromatic ring is 1. The van der Waals surface area contributed by atoms with Crippen molar-refractivity contribution in [2.75, 3.05) is 12.3 Å². The number of amides is 1. The molecule has 3 N–H and O–H groups in total. The van der Waals surface area contributed by atoms with Gasteiger partial charge in [-0.25, -0.2) is 0 Å². The molecule has 0 unspecified atom stereocenters. The van der Waals surface area contributed by atoms with Crippen LogP contribution in [0.1, 0.15) is 15.9 Å². The highest BCUT2D eigenvalue weighted by molar-refractivity contribution is 9.10. The monoisotopic (exact) mass is 318 g/mol. The first kappa shape index (κ1) is 13.6. The van der Waals surface area contributed by atoms with E-state index in [1.54, 1.807) is 18.2 Å². The van der Waals surface area contributed by atoms with Gasteiger partial charge in [0.1, 0.15) is 0 Å². The van der Waals surface area contributed by atoms with Crippen molar-refractivity contribution in [2.45, 2.75) is 6.42 Å². The zero-order valence-corrected chi connectivity index (χ0v) is 12.0. The van der Waals surface area contributed by atoms with Crippen LogP contribution in [-0.4, -0.2) is 12.5 Å². The zero-order chi connectivity index (χ0) is 13.7.